The Hall–Kier alpha value is -2.52. The third-order valence-corrected chi connectivity index (χ3v) is 2.64. The van der Waals surface area contributed by atoms with Crippen LogP contribution in [0.4, 0.5) is 5.69 Å². The SMILES string of the molecule is COC(=O)c1ccccc1N/C=C(/C#N)C(=O)NCCCl. The number of amides is 1. The standard InChI is InChI=1S/C14H14ClN3O3/c1-21-14(20)11-4-2-3-5-12(11)18-9-10(8-16)13(19)17-7-6-15/h2-5,9,18H,6-7H2,1H3,(H,17,19)/b10-9-. The van der Waals surface area contributed by atoms with Crippen molar-refractivity contribution < 1.29 is 14.3 Å². The Kier molecular flexibility index (Phi) is 6.78. The number of benzene rings is 1. The largest absolute Gasteiger partial charge is 0.465 e. The van der Waals surface area contributed by atoms with Crippen LogP contribution in [-0.2, 0) is 9.53 Å². The molecule has 0 saturated carbocycles. The number of methoxy groups -OCH3 is 1. The summed E-state index contributed by atoms with van der Waals surface area (Å²) in [5.41, 5.74) is 0.608. The van der Waals surface area contributed by atoms with E-state index in [9.17, 15) is 9.59 Å². The van der Waals surface area contributed by atoms with Crippen molar-refractivity contribution in [3.05, 3.63) is 41.6 Å². The molecule has 21 heavy (non-hydrogen) atoms. The second kappa shape index (κ2) is 8.61. The zero-order chi connectivity index (χ0) is 15.7. The summed E-state index contributed by atoms with van der Waals surface area (Å²) >= 11 is 5.45. The van der Waals surface area contributed by atoms with Gasteiger partial charge in [-0.1, -0.05) is 12.1 Å². The molecule has 0 fully saturated rings. The number of nitrogens with one attached hydrogen (secondary N) is 2. The number of halogens is 1. The Balaban J connectivity index is 2.90. The summed E-state index contributed by atoms with van der Waals surface area (Å²) in [5.74, 6) is -0.805. The summed E-state index contributed by atoms with van der Waals surface area (Å²) in [5, 5.41) is 14.2. The van der Waals surface area contributed by atoms with Gasteiger partial charge in [-0.15, -0.1) is 11.6 Å². The van der Waals surface area contributed by atoms with Crippen molar-refractivity contribution in [1.82, 2.24) is 5.32 Å². The van der Waals surface area contributed by atoms with Gasteiger partial charge in [0.1, 0.15) is 11.6 Å². The molecule has 2 N–H and O–H groups in total. The second-order valence-corrected chi connectivity index (χ2v) is 4.17. The first-order valence-corrected chi connectivity index (χ1v) is 6.55. The molecular weight excluding hydrogens is 294 g/mol. The van der Waals surface area contributed by atoms with E-state index in [2.05, 4.69) is 15.4 Å². The molecule has 1 amide bonds. The van der Waals surface area contributed by atoms with E-state index in [1.54, 1.807) is 30.3 Å². The minimum Gasteiger partial charge on any atom is -0.465 e. The van der Waals surface area contributed by atoms with Crippen LogP contribution in [0.1, 0.15) is 10.4 Å². The van der Waals surface area contributed by atoms with Crippen LogP contribution in [0.5, 0.6) is 0 Å². The Morgan fingerprint density at radius 2 is 2.14 bits per heavy atom. The number of nitrogens with zero attached hydrogens (tertiary/aromatic N) is 1. The average molecular weight is 308 g/mol. The van der Waals surface area contributed by atoms with Crippen LogP contribution in [0, 0.1) is 11.3 Å². The molecule has 0 aliphatic carbocycles. The van der Waals surface area contributed by atoms with Gasteiger partial charge in [0.15, 0.2) is 0 Å². The molecule has 0 spiro atoms. The summed E-state index contributed by atoms with van der Waals surface area (Å²) in [6, 6.07) is 8.37. The van der Waals surface area contributed by atoms with E-state index >= 15 is 0 Å². The molecule has 0 radical (unpaired) electrons. The molecule has 7 heteroatoms. The van der Waals surface area contributed by atoms with Gasteiger partial charge in [0.25, 0.3) is 5.91 Å². The van der Waals surface area contributed by atoms with Crippen LogP contribution in [0.2, 0.25) is 0 Å². The highest BCUT2D eigenvalue weighted by molar-refractivity contribution is 6.18. The van der Waals surface area contributed by atoms with Gasteiger partial charge in [0, 0.05) is 18.6 Å². The number of nitriles is 1. The van der Waals surface area contributed by atoms with Crippen LogP contribution >= 0.6 is 11.6 Å². The van der Waals surface area contributed by atoms with Crippen molar-refractivity contribution in [3.63, 3.8) is 0 Å². The molecule has 0 aliphatic rings. The summed E-state index contributed by atoms with van der Waals surface area (Å²) in [6.45, 7) is 0.262. The number of rotatable bonds is 6. The van der Waals surface area contributed by atoms with Crippen molar-refractivity contribution >= 4 is 29.2 Å². The van der Waals surface area contributed by atoms with Crippen molar-refractivity contribution in [2.75, 3.05) is 24.9 Å². The van der Waals surface area contributed by atoms with Crippen LogP contribution in [0.15, 0.2) is 36.0 Å². The molecular formula is C14H14ClN3O3. The second-order valence-electron chi connectivity index (χ2n) is 3.80. The molecule has 0 bridgehead atoms. The van der Waals surface area contributed by atoms with Crippen molar-refractivity contribution in [2.45, 2.75) is 0 Å². The summed E-state index contributed by atoms with van der Waals surface area (Å²) < 4.78 is 4.65. The zero-order valence-corrected chi connectivity index (χ0v) is 12.1. The molecule has 110 valence electrons. The topological polar surface area (TPSA) is 91.2 Å². The number of para-hydroxylation sites is 1. The van der Waals surface area contributed by atoms with E-state index in [1.807, 2.05) is 0 Å². The average Bonchev–Trinajstić information content (AvgIpc) is 2.53. The number of alkyl halides is 1. The van der Waals surface area contributed by atoms with E-state index < -0.39 is 11.9 Å². The highest BCUT2D eigenvalue weighted by Gasteiger charge is 2.11. The third kappa shape index (κ3) is 4.82. The minimum absolute atomic E-state index is 0.125. The Morgan fingerprint density at radius 3 is 2.76 bits per heavy atom. The highest BCUT2D eigenvalue weighted by Crippen LogP contribution is 2.16. The van der Waals surface area contributed by atoms with Gasteiger partial charge >= 0.3 is 5.97 Å². The molecule has 0 atom stereocenters. The molecule has 0 aromatic heterocycles. The molecule has 0 saturated heterocycles. The molecule has 0 unspecified atom stereocenters. The number of ether oxygens (including phenoxy) is 1. The minimum atomic E-state index is -0.541. The van der Waals surface area contributed by atoms with Gasteiger partial charge in [-0.2, -0.15) is 5.26 Å². The lowest BCUT2D eigenvalue weighted by molar-refractivity contribution is -0.117. The number of hydrogen-bond acceptors (Lipinski definition) is 5. The predicted molar refractivity (Wildman–Crippen MR) is 78.8 cm³/mol. The summed E-state index contributed by atoms with van der Waals surface area (Å²) in [7, 11) is 1.27. The summed E-state index contributed by atoms with van der Waals surface area (Å²) in [6.07, 6.45) is 1.23. The van der Waals surface area contributed by atoms with Crippen molar-refractivity contribution in [3.8, 4) is 6.07 Å². The van der Waals surface area contributed by atoms with Crippen LogP contribution < -0.4 is 10.6 Å². The zero-order valence-electron chi connectivity index (χ0n) is 11.4. The van der Waals surface area contributed by atoms with E-state index in [4.69, 9.17) is 16.9 Å². The fraction of sp³-hybridized carbons (Fsp3) is 0.214. The molecule has 6 nitrogen and oxygen atoms in total. The van der Waals surface area contributed by atoms with Crippen molar-refractivity contribution in [2.24, 2.45) is 0 Å². The van der Waals surface area contributed by atoms with Gasteiger partial charge in [-0.25, -0.2) is 4.79 Å². The Bertz CT molecular complexity index is 593. The van der Waals surface area contributed by atoms with E-state index in [-0.39, 0.29) is 18.0 Å². The van der Waals surface area contributed by atoms with Gasteiger partial charge in [-0.05, 0) is 12.1 Å². The lowest BCUT2D eigenvalue weighted by atomic mass is 10.2. The maximum Gasteiger partial charge on any atom is 0.339 e. The van der Waals surface area contributed by atoms with Gasteiger partial charge in [0.05, 0.1) is 18.4 Å². The molecule has 0 heterocycles. The Morgan fingerprint density at radius 1 is 1.43 bits per heavy atom. The Labute approximate surface area is 127 Å². The van der Waals surface area contributed by atoms with E-state index in [1.165, 1.54) is 13.3 Å². The number of carbonyl (C=O) groups excluding carboxylic acids is 2. The number of hydrogen-bond donors (Lipinski definition) is 2. The monoisotopic (exact) mass is 307 g/mol. The number of anilines is 1. The first-order chi connectivity index (χ1) is 10.1. The maximum absolute atomic E-state index is 11.6. The predicted octanol–water partition coefficient (Wildman–Crippen LogP) is 1.65. The fourth-order valence-corrected chi connectivity index (χ4v) is 1.55. The quantitative estimate of drug-likeness (QED) is 0.361. The number of carbonyl (C=O) groups is 2. The fourth-order valence-electron chi connectivity index (χ4n) is 1.45. The van der Waals surface area contributed by atoms with Gasteiger partial charge in [-0.3, -0.25) is 4.79 Å². The molecule has 1 aromatic carbocycles. The van der Waals surface area contributed by atoms with Crippen LogP contribution in [0.25, 0.3) is 0 Å². The number of esters is 1. The molecule has 1 rings (SSSR count). The van der Waals surface area contributed by atoms with Crippen LogP contribution in [0.3, 0.4) is 0 Å². The lowest BCUT2D eigenvalue weighted by Crippen LogP contribution is -2.26. The lowest BCUT2D eigenvalue weighted by Gasteiger charge is -2.08. The van der Waals surface area contributed by atoms with Crippen molar-refractivity contribution in [1.29, 1.82) is 5.26 Å². The smallest absolute Gasteiger partial charge is 0.339 e. The third-order valence-electron chi connectivity index (χ3n) is 2.45. The van der Waals surface area contributed by atoms with E-state index in [0.717, 1.165) is 0 Å². The van der Waals surface area contributed by atoms with Gasteiger partial charge in [0.2, 0.25) is 0 Å². The molecule has 0 aliphatic heterocycles. The van der Waals surface area contributed by atoms with E-state index in [0.29, 0.717) is 11.3 Å². The normalized spacial score (nSPS) is 10.4. The first-order valence-electron chi connectivity index (χ1n) is 6.02. The first kappa shape index (κ1) is 16.5. The summed E-state index contributed by atoms with van der Waals surface area (Å²) in [4.78, 5) is 23.2. The van der Waals surface area contributed by atoms with Crippen LogP contribution in [-0.4, -0.2) is 31.4 Å². The molecule has 1 aromatic rings. The highest BCUT2D eigenvalue weighted by atomic mass is 35.5. The maximum atomic E-state index is 11.6. The van der Waals surface area contributed by atoms with Gasteiger partial charge < -0.3 is 15.4 Å².